The molecule has 0 amide bonds. The minimum Gasteiger partial charge on any atom is -0.508 e. The van der Waals surface area contributed by atoms with Crippen molar-refractivity contribution in [3.63, 3.8) is 0 Å². The summed E-state index contributed by atoms with van der Waals surface area (Å²) >= 11 is 0. The molecule has 5 heteroatoms. The lowest BCUT2D eigenvalue weighted by molar-refractivity contribution is 0.183. The molecular weight excluding hydrogens is 446 g/mol. The molecule has 3 aromatic rings. The van der Waals surface area contributed by atoms with E-state index in [-0.39, 0.29) is 24.3 Å². The van der Waals surface area contributed by atoms with Crippen LogP contribution in [-0.2, 0) is 0 Å². The highest BCUT2D eigenvalue weighted by Gasteiger charge is 2.29. The van der Waals surface area contributed by atoms with Gasteiger partial charge in [0.25, 0.3) is 0 Å². The highest BCUT2D eigenvalue weighted by molar-refractivity contribution is 5.95. The summed E-state index contributed by atoms with van der Waals surface area (Å²) in [6, 6.07) is 24.0. The van der Waals surface area contributed by atoms with Gasteiger partial charge in [-0.3, -0.25) is 4.90 Å². The molecule has 1 saturated heterocycles. The number of fused-ring (bicyclic) bond motifs is 1. The van der Waals surface area contributed by atoms with Crippen molar-refractivity contribution in [1.82, 2.24) is 4.90 Å². The van der Waals surface area contributed by atoms with Gasteiger partial charge in [0.2, 0.25) is 0 Å². The average Bonchev–Trinajstić information content (AvgIpc) is 2.85. The number of piperidine rings is 1. The van der Waals surface area contributed by atoms with Crippen molar-refractivity contribution in [2.75, 3.05) is 26.2 Å². The van der Waals surface area contributed by atoms with Crippen molar-refractivity contribution in [1.29, 1.82) is 0 Å². The SMILES string of the molecule is CC1=C(c2ccccc2)[C@H](c2ccc(OCCN3CCCCC3)cc2)Oc2cc(O)ccc21.Cl. The van der Waals surface area contributed by atoms with E-state index in [1.165, 1.54) is 32.4 Å². The zero-order valence-electron chi connectivity index (χ0n) is 19.6. The first kappa shape index (κ1) is 24.2. The second kappa shape index (κ2) is 11.0. The van der Waals surface area contributed by atoms with Gasteiger partial charge in [-0.15, -0.1) is 12.4 Å². The monoisotopic (exact) mass is 477 g/mol. The smallest absolute Gasteiger partial charge is 0.150 e. The van der Waals surface area contributed by atoms with Crippen molar-refractivity contribution < 1.29 is 14.6 Å². The molecule has 0 radical (unpaired) electrons. The third-order valence-electron chi connectivity index (χ3n) is 6.67. The largest absolute Gasteiger partial charge is 0.508 e. The number of allylic oxidation sites excluding steroid dienone is 1. The number of ether oxygens (including phenoxy) is 2. The first-order chi connectivity index (χ1) is 16.2. The Labute approximate surface area is 208 Å². The van der Waals surface area contributed by atoms with E-state index in [0.717, 1.165) is 40.1 Å². The zero-order chi connectivity index (χ0) is 22.6. The van der Waals surface area contributed by atoms with Crippen LogP contribution in [0.1, 0.15) is 49.0 Å². The van der Waals surface area contributed by atoms with E-state index in [0.29, 0.717) is 12.4 Å². The Morgan fingerprint density at radius 1 is 0.941 bits per heavy atom. The minimum atomic E-state index is -0.260. The van der Waals surface area contributed by atoms with Crippen LogP contribution in [0.15, 0.2) is 72.8 Å². The van der Waals surface area contributed by atoms with Crippen LogP contribution in [0.3, 0.4) is 0 Å². The zero-order valence-corrected chi connectivity index (χ0v) is 20.4. The molecule has 0 unspecified atom stereocenters. The van der Waals surface area contributed by atoms with Crippen LogP contribution >= 0.6 is 12.4 Å². The van der Waals surface area contributed by atoms with Gasteiger partial charge in [-0.2, -0.15) is 0 Å². The van der Waals surface area contributed by atoms with Crippen LogP contribution < -0.4 is 9.47 Å². The second-order valence-electron chi connectivity index (χ2n) is 8.90. The van der Waals surface area contributed by atoms with Crippen LogP contribution in [0.5, 0.6) is 17.2 Å². The molecule has 0 spiro atoms. The first-order valence-corrected chi connectivity index (χ1v) is 11.9. The molecule has 2 heterocycles. The summed E-state index contributed by atoms with van der Waals surface area (Å²) in [5, 5.41) is 10.0. The highest BCUT2D eigenvalue weighted by Crippen LogP contribution is 2.47. The van der Waals surface area contributed by atoms with E-state index in [1.807, 2.05) is 24.3 Å². The van der Waals surface area contributed by atoms with Gasteiger partial charge in [0.05, 0.1) is 0 Å². The van der Waals surface area contributed by atoms with Crippen LogP contribution in [0.4, 0.5) is 0 Å². The van der Waals surface area contributed by atoms with Crippen LogP contribution in [-0.4, -0.2) is 36.2 Å². The number of benzene rings is 3. The van der Waals surface area contributed by atoms with Crippen molar-refractivity contribution in [2.45, 2.75) is 32.3 Å². The van der Waals surface area contributed by atoms with Crippen molar-refractivity contribution in [2.24, 2.45) is 0 Å². The molecule has 0 saturated carbocycles. The summed E-state index contributed by atoms with van der Waals surface area (Å²) in [6.07, 6.45) is 3.69. The van der Waals surface area contributed by atoms with E-state index >= 15 is 0 Å². The summed E-state index contributed by atoms with van der Waals surface area (Å²) in [7, 11) is 0. The predicted octanol–water partition coefficient (Wildman–Crippen LogP) is 6.74. The maximum Gasteiger partial charge on any atom is 0.150 e. The molecule has 34 heavy (non-hydrogen) atoms. The summed E-state index contributed by atoms with van der Waals surface area (Å²) < 4.78 is 12.5. The fourth-order valence-electron chi connectivity index (χ4n) is 4.88. The van der Waals surface area contributed by atoms with Crippen LogP contribution in [0, 0.1) is 0 Å². The molecule has 3 aromatic carbocycles. The summed E-state index contributed by atoms with van der Waals surface area (Å²) in [4.78, 5) is 2.49. The summed E-state index contributed by atoms with van der Waals surface area (Å²) in [5.41, 5.74) is 5.52. The molecule has 0 aromatic heterocycles. The number of hydrogen-bond acceptors (Lipinski definition) is 4. The van der Waals surface area contributed by atoms with Crippen molar-refractivity contribution in [3.8, 4) is 17.2 Å². The third kappa shape index (κ3) is 5.24. The Balaban J connectivity index is 0.00000274. The molecule has 2 aliphatic rings. The maximum atomic E-state index is 10.0. The Hall–Kier alpha value is -2.95. The molecule has 5 rings (SSSR count). The third-order valence-corrected chi connectivity index (χ3v) is 6.67. The number of hydrogen-bond donors (Lipinski definition) is 1. The summed E-state index contributed by atoms with van der Waals surface area (Å²) in [6.45, 7) is 6.19. The van der Waals surface area contributed by atoms with Gasteiger partial charge in [0.1, 0.15) is 30.0 Å². The normalized spacial score (nSPS) is 18.0. The second-order valence-corrected chi connectivity index (χ2v) is 8.90. The molecular formula is C29H32ClNO3. The summed E-state index contributed by atoms with van der Waals surface area (Å²) in [5.74, 6) is 1.80. The molecule has 4 nitrogen and oxygen atoms in total. The molecule has 2 aliphatic heterocycles. The number of phenols is 1. The van der Waals surface area contributed by atoms with E-state index in [9.17, 15) is 5.11 Å². The minimum absolute atomic E-state index is 0. The number of likely N-dealkylation sites (tertiary alicyclic amines) is 1. The number of halogens is 1. The van der Waals surface area contributed by atoms with Gasteiger partial charge in [-0.25, -0.2) is 0 Å². The fraction of sp³-hybridized carbons (Fsp3) is 0.310. The lowest BCUT2D eigenvalue weighted by Crippen LogP contribution is -2.33. The van der Waals surface area contributed by atoms with Gasteiger partial charge < -0.3 is 14.6 Å². The molecule has 0 bridgehead atoms. The lowest BCUT2D eigenvalue weighted by Gasteiger charge is -2.31. The highest BCUT2D eigenvalue weighted by atomic mass is 35.5. The van der Waals surface area contributed by atoms with E-state index in [2.05, 4.69) is 48.2 Å². The fourth-order valence-corrected chi connectivity index (χ4v) is 4.88. The molecule has 0 aliphatic carbocycles. The molecule has 1 atom stereocenters. The van der Waals surface area contributed by atoms with Crippen molar-refractivity contribution >= 4 is 23.6 Å². The average molecular weight is 478 g/mol. The van der Waals surface area contributed by atoms with Gasteiger partial charge in [-0.05, 0) is 73.8 Å². The Morgan fingerprint density at radius 3 is 2.41 bits per heavy atom. The van der Waals surface area contributed by atoms with E-state index < -0.39 is 0 Å². The van der Waals surface area contributed by atoms with Gasteiger partial charge in [0, 0.05) is 23.7 Å². The first-order valence-electron chi connectivity index (χ1n) is 11.9. The van der Waals surface area contributed by atoms with Gasteiger partial charge in [-0.1, -0.05) is 48.9 Å². The van der Waals surface area contributed by atoms with E-state index in [4.69, 9.17) is 9.47 Å². The Bertz CT molecular complexity index is 1120. The van der Waals surface area contributed by atoms with E-state index in [1.54, 1.807) is 12.1 Å². The predicted molar refractivity (Wildman–Crippen MR) is 140 cm³/mol. The number of rotatable bonds is 6. The Morgan fingerprint density at radius 2 is 1.68 bits per heavy atom. The van der Waals surface area contributed by atoms with Crippen molar-refractivity contribution in [3.05, 3.63) is 89.5 Å². The van der Waals surface area contributed by atoms with Crippen LogP contribution in [0.2, 0.25) is 0 Å². The Kier molecular flexibility index (Phi) is 7.81. The van der Waals surface area contributed by atoms with Crippen LogP contribution in [0.25, 0.3) is 11.1 Å². The maximum absolute atomic E-state index is 10.0. The van der Waals surface area contributed by atoms with Gasteiger partial charge >= 0.3 is 0 Å². The number of phenolic OH excluding ortho intramolecular Hbond substituents is 1. The number of aromatic hydroxyl groups is 1. The standard InChI is InChI=1S/C29H31NO3.ClH/c1-21-26-15-12-24(31)20-27(26)33-29(28(21)22-8-4-2-5-9-22)23-10-13-25(14-11-23)32-19-18-30-16-6-3-7-17-30;/h2,4-5,8-15,20,29,31H,3,6-7,16-19H2,1H3;1H/t29-;/m0./s1. The molecule has 1 fully saturated rings. The quantitative estimate of drug-likeness (QED) is 0.426. The topological polar surface area (TPSA) is 41.9 Å². The number of nitrogens with zero attached hydrogens (tertiary/aromatic N) is 1. The van der Waals surface area contributed by atoms with Gasteiger partial charge in [0.15, 0.2) is 0 Å². The molecule has 178 valence electrons. The lowest BCUT2D eigenvalue weighted by atomic mass is 9.86. The molecule has 1 N–H and O–H groups in total.